The number of hydrogen-bond donors (Lipinski definition) is 1. The van der Waals surface area contributed by atoms with Crippen molar-refractivity contribution in [2.24, 2.45) is 0 Å². The number of amides is 2. The van der Waals surface area contributed by atoms with Crippen molar-refractivity contribution < 1.29 is 14.0 Å². The number of aromatic nitrogens is 1. The summed E-state index contributed by atoms with van der Waals surface area (Å²) >= 11 is 0.871. The van der Waals surface area contributed by atoms with Gasteiger partial charge in [-0.15, -0.1) is 0 Å². The molecule has 2 aliphatic rings. The lowest BCUT2D eigenvalue weighted by atomic mass is 9.95. The lowest BCUT2D eigenvalue weighted by molar-refractivity contribution is -0.120. The average molecular weight is 286 g/mol. The van der Waals surface area contributed by atoms with Gasteiger partial charge in [0.05, 0.1) is 5.69 Å². The van der Waals surface area contributed by atoms with E-state index in [9.17, 15) is 14.0 Å². The maximum atomic E-state index is 13.6. The maximum Gasteiger partial charge on any atom is 0.287 e. The van der Waals surface area contributed by atoms with Gasteiger partial charge in [0.25, 0.3) is 11.1 Å². The van der Waals surface area contributed by atoms with Gasteiger partial charge in [-0.3, -0.25) is 19.9 Å². The molecule has 1 fully saturated rings. The second-order valence-corrected chi connectivity index (χ2v) is 5.80. The molecule has 1 spiro atoms. The molecule has 1 N–H and O–H groups in total. The van der Waals surface area contributed by atoms with Crippen molar-refractivity contribution in [2.75, 3.05) is 0 Å². The summed E-state index contributed by atoms with van der Waals surface area (Å²) in [6.07, 6.45) is 1.62. The molecule has 1 unspecified atom stereocenters. The van der Waals surface area contributed by atoms with E-state index >= 15 is 0 Å². The van der Waals surface area contributed by atoms with Crippen LogP contribution in [0.3, 0.4) is 0 Å². The molecule has 98 valence electrons. The highest BCUT2D eigenvalue weighted by atomic mass is 32.2. The molecule has 1 saturated heterocycles. The Kier molecular flexibility index (Phi) is 2.13. The minimum atomic E-state index is -1.21. The summed E-state index contributed by atoms with van der Waals surface area (Å²) in [4.78, 5) is 28.3. The quantitative estimate of drug-likeness (QED) is 0.808. The summed E-state index contributed by atoms with van der Waals surface area (Å²) in [5.74, 6) is -0.880. The second kappa shape index (κ2) is 3.67. The molecule has 1 aliphatic carbocycles. The number of carbonyl (C=O) groups excluding carboxylic acids is 2. The van der Waals surface area contributed by atoms with Crippen LogP contribution in [0.4, 0.5) is 9.18 Å². The third-order valence-electron chi connectivity index (χ3n) is 3.58. The van der Waals surface area contributed by atoms with E-state index in [4.69, 9.17) is 0 Å². The predicted molar refractivity (Wildman–Crippen MR) is 71.5 cm³/mol. The van der Waals surface area contributed by atoms with E-state index in [0.29, 0.717) is 22.4 Å². The number of rotatable bonds is 0. The Morgan fingerprint density at radius 1 is 1.20 bits per heavy atom. The van der Waals surface area contributed by atoms with E-state index in [0.717, 1.165) is 11.8 Å². The van der Waals surface area contributed by atoms with Gasteiger partial charge >= 0.3 is 0 Å². The zero-order valence-electron chi connectivity index (χ0n) is 10.0. The molecule has 6 heteroatoms. The number of nitrogens with one attached hydrogen (secondary N) is 1. The van der Waals surface area contributed by atoms with Gasteiger partial charge in [0.15, 0.2) is 4.75 Å². The van der Waals surface area contributed by atoms with E-state index in [1.54, 1.807) is 24.4 Å². The van der Waals surface area contributed by atoms with Gasteiger partial charge in [-0.1, -0.05) is 6.07 Å². The summed E-state index contributed by atoms with van der Waals surface area (Å²) < 4.78 is 12.4. The van der Waals surface area contributed by atoms with E-state index in [-0.39, 0.29) is 0 Å². The molecule has 2 amide bonds. The molecular formula is C14H7FN2O2S. The summed E-state index contributed by atoms with van der Waals surface area (Å²) in [6, 6.07) is 7.70. The molecule has 1 aromatic carbocycles. The maximum absolute atomic E-state index is 13.6. The standard InChI is InChI=1S/C14H7FN2O2S/c15-7-3-4-8-10(6-7)14(12(18)17-13(19)20-14)9-2-1-5-16-11(8)9/h1-6H,(H,17,18,19). The molecule has 0 bridgehead atoms. The lowest BCUT2D eigenvalue weighted by Crippen LogP contribution is -2.33. The summed E-state index contributed by atoms with van der Waals surface area (Å²) in [5, 5.41) is 1.86. The lowest BCUT2D eigenvalue weighted by Gasteiger charge is -2.20. The van der Waals surface area contributed by atoms with Crippen LogP contribution in [0.25, 0.3) is 11.3 Å². The largest absolute Gasteiger partial charge is 0.287 e. The minimum Gasteiger partial charge on any atom is -0.285 e. The molecule has 2 heterocycles. The van der Waals surface area contributed by atoms with Crippen molar-refractivity contribution >= 4 is 22.9 Å². The Hall–Kier alpha value is -2.21. The van der Waals surface area contributed by atoms with E-state index in [1.807, 2.05) is 0 Å². The van der Waals surface area contributed by atoms with Gasteiger partial charge < -0.3 is 0 Å². The van der Waals surface area contributed by atoms with Gasteiger partial charge in [-0.2, -0.15) is 0 Å². The number of carbonyl (C=O) groups is 2. The first-order valence-corrected chi connectivity index (χ1v) is 6.75. The first-order chi connectivity index (χ1) is 9.63. The molecule has 4 rings (SSSR count). The number of imide groups is 1. The van der Waals surface area contributed by atoms with Gasteiger partial charge in [0.1, 0.15) is 5.82 Å². The second-order valence-electron chi connectivity index (χ2n) is 4.61. The summed E-state index contributed by atoms with van der Waals surface area (Å²) in [7, 11) is 0. The Morgan fingerprint density at radius 2 is 2.05 bits per heavy atom. The zero-order valence-corrected chi connectivity index (χ0v) is 10.8. The monoisotopic (exact) mass is 286 g/mol. The van der Waals surface area contributed by atoms with Crippen molar-refractivity contribution in [3.05, 3.63) is 53.5 Å². The van der Waals surface area contributed by atoms with Crippen molar-refractivity contribution in [3.8, 4) is 11.3 Å². The van der Waals surface area contributed by atoms with Gasteiger partial charge in [-0.05, 0) is 41.6 Å². The fraction of sp³-hybridized carbons (Fsp3) is 0.0714. The smallest absolute Gasteiger partial charge is 0.285 e. The molecule has 1 aromatic heterocycles. The van der Waals surface area contributed by atoms with Crippen LogP contribution in [0.1, 0.15) is 11.1 Å². The van der Waals surface area contributed by atoms with Crippen molar-refractivity contribution in [3.63, 3.8) is 0 Å². The molecule has 2 aromatic rings. The normalized spacial score (nSPS) is 22.9. The van der Waals surface area contributed by atoms with Crippen molar-refractivity contribution in [1.82, 2.24) is 10.3 Å². The van der Waals surface area contributed by atoms with Gasteiger partial charge in [0, 0.05) is 17.3 Å². The fourth-order valence-corrected chi connectivity index (χ4v) is 3.93. The van der Waals surface area contributed by atoms with Crippen LogP contribution in [0.2, 0.25) is 0 Å². The molecule has 0 saturated carbocycles. The van der Waals surface area contributed by atoms with Crippen LogP contribution in [0.15, 0.2) is 36.5 Å². The van der Waals surface area contributed by atoms with Crippen LogP contribution in [-0.4, -0.2) is 16.1 Å². The highest BCUT2D eigenvalue weighted by Crippen LogP contribution is 2.56. The fourth-order valence-electron chi connectivity index (χ4n) is 2.81. The highest BCUT2D eigenvalue weighted by molar-refractivity contribution is 8.15. The minimum absolute atomic E-state index is 0.429. The number of benzene rings is 1. The predicted octanol–water partition coefficient (Wildman–Crippen LogP) is 2.43. The van der Waals surface area contributed by atoms with E-state index in [2.05, 4.69) is 10.3 Å². The molecular weight excluding hydrogens is 279 g/mol. The van der Waals surface area contributed by atoms with Crippen LogP contribution >= 0.6 is 11.8 Å². The van der Waals surface area contributed by atoms with Crippen molar-refractivity contribution in [2.45, 2.75) is 4.75 Å². The van der Waals surface area contributed by atoms with Crippen molar-refractivity contribution in [1.29, 1.82) is 0 Å². The SMILES string of the molecule is O=C1NC(=O)C2(S1)c1cc(F)ccc1-c1ncccc12. The van der Waals surface area contributed by atoms with Crippen LogP contribution in [-0.2, 0) is 9.54 Å². The average Bonchev–Trinajstić information content (AvgIpc) is 2.88. The van der Waals surface area contributed by atoms with Gasteiger partial charge in [0.2, 0.25) is 0 Å². The van der Waals surface area contributed by atoms with E-state index in [1.165, 1.54) is 12.1 Å². The Morgan fingerprint density at radius 3 is 2.80 bits per heavy atom. The number of nitrogens with zero attached hydrogens (tertiary/aromatic N) is 1. The molecule has 1 atom stereocenters. The Bertz CT molecular complexity index is 792. The first kappa shape index (κ1) is 11.6. The third kappa shape index (κ3) is 1.24. The highest BCUT2D eigenvalue weighted by Gasteiger charge is 2.56. The Labute approximate surface area is 117 Å². The van der Waals surface area contributed by atoms with E-state index < -0.39 is 21.7 Å². The molecule has 4 nitrogen and oxygen atoms in total. The number of halogens is 1. The summed E-state index contributed by atoms with van der Waals surface area (Å²) in [6.45, 7) is 0. The molecule has 20 heavy (non-hydrogen) atoms. The zero-order chi connectivity index (χ0) is 13.9. The number of thioether (sulfide) groups is 1. The topological polar surface area (TPSA) is 59.1 Å². The molecule has 1 aliphatic heterocycles. The number of fused-ring (bicyclic) bond motifs is 5. The molecule has 0 radical (unpaired) electrons. The van der Waals surface area contributed by atoms with Gasteiger partial charge in [-0.25, -0.2) is 4.39 Å². The number of hydrogen-bond acceptors (Lipinski definition) is 4. The van der Waals surface area contributed by atoms with Crippen LogP contribution in [0, 0.1) is 5.82 Å². The van der Waals surface area contributed by atoms with Crippen LogP contribution < -0.4 is 5.32 Å². The third-order valence-corrected chi connectivity index (χ3v) is 4.80. The Balaban J connectivity index is 2.12. The first-order valence-electron chi connectivity index (χ1n) is 5.93. The summed E-state index contributed by atoms with van der Waals surface area (Å²) in [5.41, 5.74) is 2.44. The van der Waals surface area contributed by atoms with Crippen LogP contribution in [0.5, 0.6) is 0 Å². The number of pyridine rings is 1.